The molecule has 4 atom stereocenters. The quantitative estimate of drug-likeness (QED) is 0.124. The van der Waals surface area contributed by atoms with Crippen molar-refractivity contribution >= 4 is 29.1 Å². The molecule has 69 heavy (non-hydrogen) atoms. The van der Waals surface area contributed by atoms with Crippen LogP contribution in [0, 0.1) is 11.8 Å². The Labute approximate surface area is 423 Å². The van der Waals surface area contributed by atoms with Gasteiger partial charge in [0.15, 0.2) is 0 Å². The van der Waals surface area contributed by atoms with Crippen LogP contribution < -0.4 is 15.4 Å². The number of amides is 2. The van der Waals surface area contributed by atoms with Gasteiger partial charge in [-0.2, -0.15) is 0 Å². The Morgan fingerprint density at radius 2 is 1.54 bits per heavy atom. The van der Waals surface area contributed by atoms with Crippen LogP contribution in [0.1, 0.15) is 182 Å². The van der Waals surface area contributed by atoms with E-state index in [4.69, 9.17) is 26.1 Å². The third kappa shape index (κ3) is 15.2. The molecule has 1 fully saturated rings. The molecule has 2 amide bonds. The minimum absolute atomic E-state index is 0.0178. The molecule has 0 radical (unpaired) electrons. The molecule has 0 spiro atoms. The van der Waals surface area contributed by atoms with Crippen LogP contribution in [-0.2, 0) is 20.7 Å². The van der Waals surface area contributed by atoms with Gasteiger partial charge in [-0.1, -0.05) is 163 Å². The highest BCUT2D eigenvalue weighted by molar-refractivity contribution is 6.36. The number of methoxy groups -OCH3 is 2. The molecular weight excluding hydrogens is 878 g/mol. The maximum Gasteiger partial charge on any atom is 0.259 e. The zero-order valence-electron chi connectivity index (χ0n) is 45.3. The van der Waals surface area contributed by atoms with E-state index in [0.717, 1.165) is 90.3 Å². The fourth-order valence-corrected chi connectivity index (χ4v) is 9.02. The first kappa shape index (κ1) is 58.7. The Hall–Kier alpha value is -4.60. The van der Waals surface area contributed by atoms with Crippen LogP contribution in [0.5, 0.6) is 5.88 Å². The van der Waals surface area contributed by atoms with E-state index in [1.165, 1.54) is 49.7 Å². The van der Waals surface area contributed by atoms with Gasteiger partial charge in [0.25, 0.3) is 5.91 Å². The Morgan fingerprint density at radius 1 is 0.913 bits per heavy atom. The zero-order valence-corrected chi connectivity index (χ0v) is 46.1. The monoisotopic (exact) mass is 968 g/mol. The van der Waals surface area contributed by atoms with Crippen molar-refractivity contribution in [2.45, 2.75) is 177 Å². The molecule has 3 aliphatic rings. The summed E-state index contributed by atoms with van der Waals surface area (Å²) in [5, 5.41) is 7.14. The number of likely N-dealkylation sites (N-methyl/N-ethyl adjacent to an activating group) is 1. The molecule has 2 aromatic carbocycles. The van der Waals surface area contributed by atoms with E-state index >= 15 is 0 Å². The lowest BCUT2D eigenvalue weighted by Crippen LogP contribution is -2.49. The van der Waals surface area contributed by atoms with Crippen LogP contribution in [0.4, 0.5) is 5.69 Å². The van der Waals surface area contributed by atoms with Gasteiger partial charge in [-0.15, -0.1) is 0 Å². The lowest BCUT2D eigenvalue weighted by molar-refractivity contribution is -0.126. The van der Waals surface area contributed by atoms with E-state index in [1.54, 1.807) is 20.4 Å². The number of nitrogens with zero attached hydrogens (tertiary/aromatic N) is 3. The summed E-state index contributed by atoms with van der Waals surface area (Å²) in [5.74, 6) is 2.83. The van der Waals surface area contributed by atoms with Gasteiger partial charge in [0.1, 0.15) is 5.82 Å². The van der Waals surface area contributed by atoms with Gasteiger partial charge in [0, 0.05) is 66.4 Å². The highest BCUT2D eigenvalue weighted by Gasteiger charge is 2.31. The molecule has 2 heterocycles. The normalized spacial score (nSPS) is 16.4. The average Bonchev–Trinajstić information content (AvgIpc) is 3.73. The number of nitrogens with one attached hydrogen (secondary N) is 2. The van der Waals surface area contributed by atoms with Crippen molar-refractivity contribution in [1.29, 1.82) is 0 Å². The van der Waals surface area contributed by atoms with E-state index in [9.17, 15) is 9.59 Å². The summed E-state index contributed by atoms with van der Waals surface area (Å²) in [6.45, 7) is 32.9. The topological polar surface area (TPSA) is 96.0 Å². The Bertz CT molecular complexity index is 2170. The third-order valence-corrected chi connectivity index (χ3v) is 15.2. The van der Waals surface area contributed by atoms with Gasteiger partial charge in [0.05, 0.1) is 30.0 Å². The predicted molar refractivity (Wildman–Crippen MR) is 293 cm³/mol. The number of anilines is 1. The molecule has 4 unspecified atom stereocenters. The average molecular weight is 969 g/mol. The zero-order chi connectivity index (χ0) is 51.4. The molecule has 3 aromatic rings. The number of carbonyl (C=O) groups is 2. The van der Waals surface area contributed by atoms with Crippen molar-refractivity contribution < 1.29 is 19.1 Å². The van der Waals surface area contributed by atoms with Crippen LogP contribution in [0.2, 0.25) is 5.02 Å². The Balaban J connectivity index is 0.000000435. The van der Waals surface area contributed by atoms with Gasteiger partial charge < -0.3 is 29.9 Å². The van der Waals surface area contributed by atoms with Crippen molar-refractivity contribution in [2.24, 2.45) is 11.8 Å². The second-order valence-corrected chi connectivity index (χ2v) is 19.5. The second-order valence-electron chi connectivity index (χ2n) is 19.1. The predicted octanol–water partition coefficient (Wildman–Crippen LogP) is 15.5. The molecule has 1 aliphatic heterocycles. The molecular formula is C59H90ClN5O4. The van der Waals surface area contributed by atoms with Gasteiger partial charge in [0.2, 0.25) is 11.8 Å². The number of hydrogen-bond donors (Lipinski definition) is 2. The Morgan fingerprint density at radius 3 is 2.10 bits per heavy atom. The maximum atomic E-state index is 13.8. The van der Waals surface area contributed by atoms with Crippen molar-refractivity contribution in [3.05, 3.63) is 101 Å². The molecule has 10 heteroatoms. The number of aromatic nitrogens is 1. The number of ether oxygens (including phenoxy) is 2. The van der Waals surface area contributed by atoms with Crippen LogP contribution in [0.15, 0.2) is 78.9 Å². The van der Waals surface area contributed by atoms with E-state index in [0.29, 0.717) is 41.2 Å². The first-order valence-corrected chi connectivity index (χ1v) is 26.7. The molecule has 0 saturated heterocycles. The Kier molecular flexibility index (Phi) is 24.6. The number of halogens is 1. The summed E-state index contributed by atoms with van der Waals surface area (Å²) < 4.78 is 11.0. The van der Waals surface area contributed by atoms with E-state index in [-0.39, 0.29) is 29.2 Å². The third-order valence-electron chi connectivity index (χ3n) is 14.8. The van der Waals surface area contributed by atoms with Crippen LogP contribution in [0.3, 0.4) is 0 Å². The summed E-state index contributed by atoms with van der Waals surface area (Å²) in [4.78, 5) is 34.6. The SMILES string of the molecule is C1CCC1.C=C1C(C(=O)Nc2cccc(-c3cccc(-c4cc5c(c(OC)n4)C(C)CC5)c3Cl)c2C(C)CC)=CN(CCOC)C(=C)N1C.CC.CCC(C)CCC(CC)(CC)NC(=O)C(C)CC. The van der Waals surface area contributed by atoms with Crippen molar-refractivity contribution in [1.82, 2.24) is 20.1 Å². The van der Waals surface area contributed by atoms with Gasteiger partial charge in [-0.25, -0.2) is 4.98 Å². The number of pyridine rings is 1. The molecule has 2 aliphatic carbocycles. The minimum Gasteiger partial charge on any atom is -0.481 e. The number of carbonyl (C=O) groups excluding carboxylic acids is 2. The van der Waals surface area contributed by atoms with Crippen molar-refractivity contribution in [2.75, 3.05) is 39.7 Å². The van der Waals surface area contributed by atoms with Crippen LogP contribution in [0.25, 0.3) is 22.4 Å². The highest BCUT2D eigenvalue weighted by atomic mass is 35.5. The standard InChI is InChI=1S/C37H43ClN4O3.C16H33NO.C4H8.C2H6/c1-9-22(2)34-27(12-11-15-31(34)39-36(43)30-21-42(18-19-44-7)25(5)41(6)24(30)4)28-13-10-14-29(35(28)38)32-20-26-17-16-23(3)33(26)37(40-32)45-8;1-7-13(5)11-12-16(9-3,10-4)17-15(18)14(6)8-2;1-2-4-3-1;1-2/h10-15,20-23H,4-5,9,16-19H2,1-3,6-8H3,(H,39,43);13-14H,7-12H2,1-6H3,(H,17,18);1-4H2;1-2H3. The van der Waals surface area contributed by atoms with E-state index < -0.39 is 0 Å². The van der Waals surface area contributed by atoms with Gasteiger partial charge in [-0.05, 0) is 97.9 Å². The fourth-order valence-electron chi connectivity index (χ4n) is 8.69. The van der Waals surface area contributed by atoms with E-state index in [2.05, 4.69) is 91.3 Å². The first-order chi connectivity index (χ1) is 33.0. The summed E-state index contributed by atoms with van der Waals surface area (Å²) in [7, 11) is 5.19. The van der Waals surface area contributed by atoms with Gasteiger partial charge >= 0.3 is 0 Å². The first-order valence-electron chi connectivity index (χ1n) is 26.3. The number of benzene rings is 2. The molecule has 382 valence electrons. The number of rotatable bonds is 19. The smallest absolute Gasteiger partial charge is 0.259 e. The van der Waals surface area contributed by atoms with Crippen molar-refractivity contribution in [3.63, 3.8) is 0 Å². The summed E-state index contributed by atoms with van der Waals surface area (Å²) >= 11 is 7.24. The van der Waals surface area contributed by atoms with Crippen LogP contribution in [-0.4, -0.2) is 66.6 Å². The fraction of sp³-hybridized carbons (Fsp3) is 0.576. The van der Waals surface area contributed by atoms with E-state index in [1.807, 2.05) is 68.0 Å². The lowest BCUT2D eigenvalue weighted by Gasteiger charge is -2.37. The summed E-state index contributed by atoms with van der Waals surface area (Å²) in [6, 6.07) is 14.2. The minimum atomic E-state index is -0.244. The number of hydrogen-bond acceptors (Lipinski definition) is 7. The van der Waals surface area contributed by atoms with Gasteiger partial charge in [-0.3, -0.25) is 9.59 Å². The summed E-state index contributed by atoms with van der Waals surface area (Å²) in [5.41, 5.74) is 8.80. The molecule has 6 rings (SSSR count). The molecule has 1 saturated carbocycles. The van der Waals surface area contributed by atoms with Crippen LogP contribution >= 0.6 is 11.6 Å². The lowest BCUT2D eigenvalue weighted by atomic mass is 9.84. The highest BCUT2D eigenvalue weighted by Crippen LogP contribution is 2.45. The number of aryl methyl sites for hydroxylation is 1. The molecule has 9 nitrogen and oxygen atoms in total. The van der Waals surface area contributed by atoms with Crippen molar-refractivity contribution in [3.8, 4) is 28.3 Å². The maximum absolute atomic E-state index is 13.8. The number of fused-ring (bicyclic) bond motifs is 1. The molecule has 1 aromatic heterocycles. The second kappa shape index (κ2) is 28.9. The summed E-state index contributed by atoms with van der Waals surface area (Å²) in [6.07, 6.45) is 17.3. The largest absolute Gasteiger partial charge is 0.481 e. The molecule has 0 bridgehead atoms. The molecule has 2 N–H and O–H groups in total.